The van der Waals surface area contributed by atoms with Crippen LogP contribution in [-0.2, 0) is 4.79 Å². The van der Waals surface area contributed by atoms with E-state index in [9.17, 15) is 4.79 Å². The fourth-order valence-electron chi connectivity index (χ4n) is 2.12. The van der Waals surface area contributed by atoms with Gasteiger partial charge in [0.2, 0.25) is 5.91 Å². The van der Waals surface area contributed by atoms with Gasteiger partial charge in [0.15, 0.2) is 0 Å². The van der Waals surface area contributed by atoms with Crippen LogP contribution in [0.5, 0.6) is 0 Å². The van der Waals surface area contributed by atoms with Gasteiger partial charge in [-0.3, -0.25) is 4.79 Å². The third-order valence-corrected chi connectivity index (χ3v) is 4.05. The van der Waals surface area contributed by atoms with Crippen LogP contribution in [0, 0.1) is 10.8 Å². The number of amides is 1. The second-order valence-corrected chi connectivity index (χ2v) is 5.54. The van der Waals surface area contributed by atoms with Crippen molar-refractivity contribution in [3.63, 3.8) is 0 Å². The van der Waals surface area contributed by atoms with E-state index >= 15 is 0 Å². The predicted molar refractivity (Wildman–Crippen MR) is 55.7 cm³/mol. The van der Waals surface area contributed by atoms with Crippen LogP contribution in [0.25, 0.3) is 0 Å². The highest BCUT2D eigenvalue weighted by Gasteiger charge is 2.50. The summed E-state index contributed by atoms with van der Waals surface area (Å²) in [7, 11) is 0. The molecule has 0 spiro atoms. The quantitative estimate of drug-likeness (QED) is 0.708. The van der Waals surface area contributed by atoms with Crippen molar-refractivity contribution in [3.8, 4) is 0 Å². The summed E-state index contributed by atoms with van der Waals surface area (Å²) >= 11 is 0. The smallest absolute Gasteiger partial charge is 0.227 e. The molecule has 1 atom stereocenters. The van der Waals surface area contributed by atoms with Gasteiger partial charge in [-0.25, -0.2) is 0 Å². The van der Waals surface area contributed by atoms with Gasteiger partial charge in [-0.05, 0) is 31.1 Å². The van der Waals surface area contributed by atoms with E-state index in [0.29, 0.717) is 18.0 Å². The van der Waals surface area contributed by atoms with Crippen LogP contribution in [0.2, 0.25) is 0 Å². The summed E-state index contributed by atoms with van der Waals surface area (Å²) in [5.74, 6) is 0.192. The van der Waals surface area contributed by atoms with E-state index in [4.69, 9.17) is 5.73 Å². The molecule has 3 nitrogen and oxygen atoms in total. The van der Waals surface area contributed by atoms with E-state index < -0.39 is 0 Å². The van der Waals surface area contributed by atoms with Crippen molar-refractivity contribution in [3.05, 3.63) is 0 Å². The Bertz CT molecular complexity index is 256. The highest BCUT2D eigenvalue weighted by atomic mass is 16.2. The highest BCUT2D eigenvalue weighted by molar-refractivity contribution is 5.85. The lowest BCUT2D eigenvalue weighted by molar-refractivity contribution is -0.128. The second kappa shape index (κ2) is 2.96. The molecular formula is C11H20N2O. The summed E-state index contributed by atoms with van der Waals surface area (Å²) in [5.41, 5.74) is 5.71. The molecule has 2 saturated carbocycles. The zero-order valence-electron chi connectivity index (χ0n) is 9.10. The third kappa shape index (κ3) is 1.44. The number of nitrogens with one attached hydrogen (secondary N) is 1. The predicted octanol–water partition coefficient (Wildman–Crippen LogP) is 1.03. The minimum atomic E-state index is -0.189. The first-order valence-corrected chi connectivity index (χ1v) is 5.51. The van der Waals surface area contributed by atoms with Crippen LogP contribution in [-0.4, -0.2) is 18.5 Å². The Morgan fingerprint density at radius 3 is 2.36 bits per heavy atom. The first-order valence-electron chi connectivity index (χ1n) is 5.51. The van der Waals surface area contributed by atoms with Gasteiger partial charge in [-0.1, -0.05) is 13.8 Å². The molecule has 1 amide bonds. The zero-order valence-corrected chi connectivity index (χ0v) is 9.10. The summed E-state index contributed by atoms with van der Waals surface area (Å²) in [6, 6.07) is 0.374. The molecule has 1 unspecified atom stereocenters. The fraction of sp³-hybridized carbons (Fsp3) is 0.909. The maximum atomic E-state index is 11.9. The number of hydrogen-bond donors (Lipinski definition) is 2. The normalized spacial score (nSPS) is 31.8. The Kier molecular flexibility index (Phi) is 2.11. The summed E-state index contributed by atoms with van der Waals surface area (Å²) in [6.07, 6.45) is 4.29. The number of hydrogen-bond acceptors (Lipinski definition) is 2. The molecular weight excluding hydrogens is 176 g/mol. The van der Waals surface area contributed by atoms with Crippen molar-refractivity contribution >= 4 is 5.91 Å². The molecule has 0 aliphatic heterocycles. The van der Waals surface area contributed by atoms with Crippen molar-refractivity contribution in [1.29, 1.82) is 0 Å². The summed E-state index contributed by atoms with van der Waals surface area (Å²) in [5, 5.41) is 3.14. The van der Waals surface area contributed by atoms with E-state index in [0.717, 1.165) is 19.3 Å². The van der Waals surface area contributed by atoms with E-state index in [1.165, 1.54) is 6.42 Å². The van der Waals surface area contributed by atoms with E-state index in [1.807, 2.05) is 0 Å². The maximum absolute atomic E-state index is 11.9. The first-order chi connectivity index (χ1) is 6.50. The molecule has 0 aromatic carbocycles. The average Bonchev–Trinajstić information content (AvgIpc) is 2.93. The number of carbonyl (C=O) groups excluding carboxylic acids is 1. The molecule has 0 aromatic rings. The van der Waals surface area contributed by atoms with Gasteiger partial charge in [0.1, 0.15) is 0 Å². The third-order valence-electron chi connectivity index (χ3n) is 4.05. The molecule has 2 rings (SSSR count). The topological polar surface area (TPSA) is 55.1 Å². The van der Waals surface area contributed by atoms with Crippen LogP contribution in [0.1, 0.15) is 39.5 Å². The number of carbonyl (C=O) groups is 1. The second-order valence-electron chi connectivity index (χ2n) is 5.54. The maximum Gasteiger partial charge on any atom is 0.227 e. The molecule has 0 radical (unpaired) electrons. The Hall–Kier alpha value is -0.570. The van der Waals surface area contributed by atoms with Crippen molar-refractivity contribution in [1.82, 2.24) is 5.32 Å². The van der Waals surface area contributed by atoms with Crippen LogP contribution < -0.4 is 11.1 Å². The van der Waals surface area contributed by atoms with Crippen molar-refractivity contribution in [2.45, 2.75) is 45.6 Å². The summed E-state index contributed by atoms with van der Waals surface area (Å²) in [6.45, 7) is 4.93. The van der Waals surface area contributed by atoms with Crippen LogP contribution in [0.3, 0.4) is 0 Å². The largest absolute Gasteiger partial charge is 0.352 e. The van der Waals surface area contributed by atoms with Gasteiger partial charge in [0, 0.05) is 12.6 Å². The fourth-order valence-corrected chi connectivity index (χ4v) is 2.12. The Labute approximate surface area is 85.4 Å². The number of nitrogens with two attached hydrogens (primary N) is 1. The lowest BCUT2D eigenvalue weighted by Gasteiger charge is -2.45. The molecule has 2 aliphatic carbocycles. The van der Waals surface area contributed by atoms with Gasteiger partial charge in [0.05, 0.1) is 5.41 Å². The molecule has 80 valence electrons. The van der Waals surface area contributed by atoms with Crippen LogP contribution in [0.4, 0.5) is 0 Å². The lowest BCUT2D eigenvalue weighted by atomic mass is 9.67. The first kappa shape index (κ1) is 9.97. The summed E-state index contributed by atoms with van der Waals surface area (Å²) in [4.78, 5) is 11.9. The molecule has 3 heteroatoms. The van der Waals surface area contributed by atoms with Crippen molar-refractivity contribution < 1.29 is 4.79 Å². The highest BCUT2D eigenvalue weighted by Crippen LogP contribution is 2.46. The molecule has 0 bridgehead atoms. The molecule has 0 heterocycles. The molecule has 2 aliphatic rings. The van der Waals surface area contributed by atoms with Crippen LogP contribution in [0.15, 0.2) is 0 Å². The molecule has 0 saturated heterocycles. The Morgan fingerprint density at radius 2 is 2.07 bits per heavy atom. The van der Waals surface area contributed by atoms with Crippen molar-refractivity contribution in [2.24, 2.45) is 16.6 Å². The van der Waals surface area contributed by atoms with Gasteiger partial charge in [0.25, 0.3) is 0 Å². The number of rotatable bonds is 3. The minimum absolute atomic E-state index is 0.189. The lowest BCUT2D eigenvalue weighted by Crippen LogP contribution is -2.54. The Balaban J connectivity index is 1.89. The SMILES string of the molecule is CC1(C)CCC1NC(=O)C1(CN)CC1. The average molecular weight is 196 g/mol. The monoisotopic (exact) mass is 196 g/mol. The van der Waals surface area contributed by atoms with E-state index in [-0.39, 0.29) is 11.3 Å². The molecule has 14 heavy (non-hydrogen) atoms. The minimum Gasteiger partial charge on any atom is -0.352 e. The van der Waals surface area contributed by atoms with Gasteiger partial charge >= 0.3 is 0 Å². The van der Waals surface area contributed by atoms with Gasteiger partial charge in [-0.15, -0.1) is 0 Å². The molecule has 0 aromatic heterocycles. The van der Waals surface area contributed by atoms with Crippen molar-refractivity contribution in [2.75, 3.05) is 6.54 Å². The van der Waals surface area contributed by atoms with Crippen LogP contribution >= 0.6 is 0 Å². The van der Waals surface area contributed by atoms with E-state index in [2.05, 4.69) is 19.2 Å². The summed E-state index contributed by atoms with van der Waals surface area (Å²) < 4.78 is 0. The Morgan fingerprint density at radius 1 is 1.43 bits per heavy atom. The molecule has 2 fully saturated rings. The van der Waals surface area contributed by atoms with E-state index in [1.54, 1.807) is 0 Å². The zero-order chi connectivity index (χ0) is 10.4. The standard InChI is InChI=1S/C11H20N2O/c1-10(2)4-3-8(10)13-9(14)11(7-12)5-6-11/h8H,3-7,12H2,1-2H3,(H,13,14). The molecule has 3 N–H and O–H groups in total. The van der Waals surface area contributed by atoms with Gasteiger partial charge in [-0.2, -0.15) is 0 Å². The van der Waals surface area contributed by atoms with Gasteiger partial charge < -0.3 is 11.1 Å².